The Balaban J connectivity index is 2.78. The molecule has 0 fully saturated rings. The molecule has 1 aromatic carbocycles. The third-order valence-electron chi connectivity index (χ3n) is 1.77. The van der Waals surface area contributed by atoms with Crippen LogP contribution >= 0.6 is 0 Å². The van der Waals surface area contributed by atoms with Crippen molar-refractivity contribution in [2.45, 2.75) is 6.92 Å². The second kappa shape index (κ2) is 4.99. The summed E-state index contributed by atoms with van der Waals surface area (Å²) in [6, 6.07) is 7.01. The van der Waals surface area contributed by atoms with Gasteiger partial charge in [-0.05, 0) is 19.1 Å². The molecule has 1 N–H and O–H groups in total. The molecule has 2 amide bonds. The first-order chi connectivity index (χ1) is 7.17. The van der Waals surface area contributed by atoms with Crippen LogP contribution < -0.4 is 10.4 Å². The van der Waals surface area contributed by atoms with Crippen LogP contribution in [0.3, 0.4) is 0 Å². The lowest BCUT2D eigenvalue weighted by Gasteiger charge is -2.15. The van der Waals surface area contributed by atoms with Crippen molar-refractivity contribution in [3.8, 4) is 0 Å². The van der Waals surface area contributed by atoms with Crippen LogP contribution in [0.25, 0.3) is 0 Å². The molecule has 0 aliphatic rings. The van der Waals surface area contributed by atoms with Gasteiger partial charge in [-0.25, -0.2) is 4.79 Å². The van der Waals surface area contributed by atoms with Crippen LogP contribution in [0.4, 0.5) is 10.5 Å². The summed E-state index contributed by atoms with van der Waals surface area (Å²) in [5.41, 5.74) is 1.56. The largest absolute Gasteiger partial charge is 0.431 e. The number of aryl methyl sites for hydroxylation is 1. The summed E-state index contributed by atoms with van der Waals surface area (Å²) in [5.74, 6) is 0. The molecule has 0 saturated heterocycles. The molecule has 1 rings (SSSR count). The molecule has 5 nitrogen and oxygen atoms in total. The molecule has 0 aliphatic carbocycles. The molecular weight excluding hydrogens is 196 g/mol. The Labute approximate surface area is 87.6 Å². The zero-order chi connectivity index (χ0) is 11.3. The number of hydrogen-bond donors (Lipinski definition) is 1. The first-order valence-electron chi connectivity index (χ1n) is 4.38. The van der Waals surface area contributed by atoms with Gasteiger partial charge in [0, 0.05) is 7.05 Å². The standard InChI is InChI=1S/C10H12N2O3/c1-8-3-5-9(6-4-8)12(7-13)15-10(14)11-2/h3-7H,1-2H3,(H,11,14). The summed E-state index contributed by atoms with van der Waals surface area (Å²) in [6.45, 7) is 1.93. The maximum atomic E-state index is 10.9. The Bertz CT molecular complexity index is 348. The van der Waals surface area contributed by atoms with Gasteiger partial charge in [0.1, 0.15) is 0 Å². The fourth-order valence-corrected chi connectivity index (χ4v) is 0.962. The quantitative estimate of drug-likeness (QED) is 0.600. The Kier molecular flexibility index (Phi) is 3.68. The van der Waals surface area contributed by atoms with E-state index in [1.807, 2.05) is 19.1 Å². The van der Waals surface area contributed by atoms with Gasteiger partial charge in [0.2, 0.25) is 6.41 Å². The molecule has 5 heteroatoms. The molecule has 0 bridgehead atoms. The third kappa shape index (κ3) is 2.98. The average molecular weight is 208 g/mol. The zero-order valence-electron chi connectivity index (χ0n) is 8.56. The highest BCUT2D eigenvalue weighted by molar-refractivity contribution is 5.78. The molecule has 0 heterocycles. The van der Waals surface area contributed by atoms with Crippen molar-refractivity contribution < 1.29 is 14.4 Å². The van der Waals surface area contributed by atoms with Crippen molar-refractivity contribution in [3.05, 3.63) is 29.8 Å². The van der Waals surface area contributed by atoms with Gasteiger partial charge in [-0.1, -0.05) is 17.7 Å². The van der Waals surface area contributed by atoms with E-state index in [1.165, 1.54) is 7.05 Å². The highest BCUT2D eigenvalue weighted by atomic mass is 16.7. The molecule has 0 saturated carbocycles. The maximum absolute atomic E-state index is 10.9. The van der Waals surface area contributed by atoms with Gasteiger partial charge < -0.3 is 10.2 Å². The normalized spacial score (nSPS) is 9.20. The van der Waals surface area contributed by atoms with E-state index < -0.39 is 6.09 Å². The molecule has 0 radical (unpaired) electrons. The predicted molar refractivity (Wildman–Crippen MR) is 55.3 cm³/mol. The number of carbonyl (C=O) groups is 2. The minimum Gasteiger partial charge on any atom is -0.323 e. The van der Waals surface area contributed by atoms with Crippen molar-refractivity contribution in [1.29, 1.82) is 0 Å². The van der Waals surface area contributed by atoms with Crippen LogP contribution in [0.5, 0.6) is 0 Å². The van der Waals surface area contributed by atoms with Crippen molar-refractivity contribution in [3.63, 3.8) is 0 Å². The van der Waals surface area contributed by atoms with E-state index in [9.17, 15) is 9.59 Å². The van der Waals surface area contributed by atoms with Gasteiger partial charge in [0.25, 0.3) is 0 Å². The Morgan fingerprint density at radius 3 is 2.47 bits per heavy atom. The number of amides is 2. The minimum atomic E-state index is -0.692. The molecular formula is C10H12N2O3. The number of hydrogen-bond acceptors (Lipinski definition) is 3. The molecule has 0 atom stereocenters. The van der Waals surface area contributed by atoms with Gasteiger partial charge in [-0.15, -0.1) is 5.06 Å². The summed E-state index contributed by atoms with van der Waals surface area (Å²) >= 11 is 0. The molecule has 0 unspecified atom stereocenters. The number of benzene rings is 1. The Hall–Kier alpha value is -2.04. The summed E-state index contributed by atoms with van der Waals surface area (Å²) in [7, 11) is 1.42. The molecule has 0 aliphatic heterocycles. The van der Waals surface area contributed by atoms with Crippen LogP contribution in [0, 0.1) is 6.92 Å². The van der Waals surface area contributed by atoms with Gasteiger partial charge >= 0.3 is 6.09 Å². The number of hydroxylamine groups is 1. The lowest BCUT2D eigenvalue weighted by atomic mass is 10.2. The molecule has 15 heavy (non-hydrogen) atoms. The Morgan fingerprint density at radius 2 is 2.00 bits per heavy atom. The highest BCUT2D eigenvalue weighted by Gasteiger charge is 2.09. The lowest BCUT2D eigenvalue weighted by molar-refractivity contribution is -0.112. The van der Waals surface area contributed by atoms with Crippen LogP contribution in [0.2, 0.25) is 0 Å². The van der Waals surface area contributed by atoms with Gasteiger partial charge in [-0.2, -0.15) is 0 Å². The first kappa shape index (κ1) is 11.0. The Morgan fingerprint density at radius 1 is 1.40 bits per heavy atom. The van der Waals surface area contributed by atoms with Crippen LogP contribution in [-0.2, 0) is 9.63 Å². The summed E-state index contributed by atoms with van der Waals surface area (Å²) in [6.07, 6.45) is -0.262. The van der Waals surface area contributed by atoms with E-state index in [-0.39, 0.29) is 0 Å². The summed E-state index contributed by atoms with van der Waals surface area (Å²) in [4.78, 5) is 26.2. The smallest absolute Gasteiger partial charge is 0.323 e. The predicted octanol–water partition coefficient (Wildman–Crippen LogP) is 1.23. The van der Waals surface area contributed by atoms with E-state index >= 15 is 0 Å². The van der Waals surface area contributed by atoms with Gasteiger partial charge in [-0.3, -0.25) is 4.79 Å². The monoisotopic (exact) mass is 208 g/mol. The summed E-state index contributed by atoms with van der Waals surface area (Å²) in [5, 5.41) is 3.11. The van der Waals surface area contributed by atoms with E-state index in [0.717, 1.165) is 10.6 Å². The minimum absolute atomic E-state index is 0.430. The third-order valence-corrected chi connectivity index (χ3v) is 1.77. The fourth-order valence-electron chi connectivity index (χ4n) is 0.962. The number of nitrogens with one attached hydrogen (secondary N) is 1. The van der Waals surface area contributed by atoms with Crippen molar-refractivity contribution >= 4 is 18.2 Å². The molecule has 0 aromatic heterocycles. The zero-order valence-corrected chi connectivity index (χ0v) is 8.56. The highest BCUT2D eigenvalue weighted by Crippen LogP contribution is 2.13. The number of rotatable bonds is 3. The first-order valence-corrected chi connectivity index (χ1v) is 4.38. The molecule has 80 valence electrons. The van der Waals surface area contributed by atoms with E-state index in [4.69, 9.17) is 0 Å². The molecule has 1 aromatic rings. The van der Waals surface area contributed by atoms with Crippen molar-refractivity contribution in [2.75, 3.05) is 12.1 Å². The number of nitrogens with zero attached hydrogens (tertiary/aromatic N) is 1. The van der Waals surface area contributed by atoms with Crippen LogP contribution in [0.1, 0.15) is 5.56 Å². The van der Waals surface area contributed by atoms with Crippen LogP contribution in [-0.4, -0.2) is 19.6 Å². The number of carbonyl (C=O) groups excluding carboxylic acids is 2. The van der Waals surface area contributed by atoms with E-state index in [2.05, 4.69) is 10.2 Å². The van der Waals surface area contributed by atoms with Crippen molar-refractivity contribution in [1.82, 2.24) is 5.32 Å². The second-order valence-corrected chi connectivity index (χ2v) is 2.90. The van der Waals surface area contributed by atoms with Crippen molar-refractivity contribution in [2.24, 2.45) is 0 Å². The SMILES string of the molecule is CNC(=O)ON(C=O)c1ccc(C)cc1. The number of anilines is 1. The fraction of sp³-hybridized carbons (Fsp3) is 0.200. The average Bonchev–Trinajstić information content (AvgIpc) is 2.27. The summed E-state index contributed by atoms with van der Waals surface area (Å²) < 4.78 is 0. The topological polar surface area (TPSA) is 58.6 Å². The van der Waals surface area contributed by atoms with E-state index in [1.54, 1.807) is 12.1 Å². The molecule has 0 spiro atoms. The second-order valence-electron chi connectivity index (χ2n) is 2.90. The van der Waals surface area contributed by atoms with Gasteiger partial charge in [0.15, 0.2) is 0 Å². The lowest BCUT2D eigenvalue weighted by Crippen LogP contribution is -2.31. The van der Waals surface area contributed by atoms with E-state index in [0.29, 0.717) is 12.1 Å². The van der Waals surface area contributed by atoms with Gasteiger partial charge in [0.05, 0.1) is 5.69 Å². The van der Waals surface area contributed by atoms with Crippen LogP contribution in [0.15, 0.2) is 24.3 Å². The maximum Gasteiger partial charge on any atom is 0.431 e.